The molecule has 0 aliphatic heterocycles. The molecule has 4 rings (SSSR count). The lowest BCUT2D eigenvalue weighted by molar-refractivity contribution is -0.113. The number of nitrogens with one attached hydrogen (secondary N) is 1. The lowest BCUT2D eigenvalue weighted by Crippen LogP contribution is -2.16. The molecule has 0 bridgehead atoms. The molecule has 2 aromatic heterocycles. The number of thiophene rings is 1. The molecule has 34 heavy (non-hydrogen) atoms. The van der Waals surface area contributed by atoms with Crippen LogP contribution in [-0.4, -0.2) is 39.5 Å². The van der Waals surface area contributed by atoms with Crippen molar-refractivity contribution < 1.29 is 14.3 Å². The summed E-state index contributed by atoms with van der Waals surface area (Å²) in [5.41, 5.74) is 3.22. The van der Waals surface area contributed by atoms with Gasteiger partial charge in [0.05, 0.1) is 12.9 Å². The van der Waals surface area contributed by atoms with Gasteiger partial charge in [0.1, 0.15) is 16.4 Å². The minimum atomic E-state index is -0.487. The summed E-state index contributed by atoms with van der Waals surface area (Å²) in [6.45, 7) is 0. The Bertz CT molecular complexity index is 1270. The molecular formula is C25H24N4O3S2. The van der Waals surface area contributed by atoms with Crippen LogP contribution >= 0.6 is 23.1 Å². The van der Waals surface area contributed by atoms with E-state index in [1.54, 1.807) is 0 Å². The number of carbonyl (C=O) groups is 2. The molecule has 0 saturated heterocycles. The van der Waals surface area contributed by atoms with Gasteiger partial charge < -0.3 is 14.6 Å². The van der Waals surface area contributed by atoms with Crippen LogP contribution in [0.5, 0.6) is 0 Å². The fraction of sp³-hybridized carbons (Fsp3) is 0.200. The van der Waals surface area contributed by atoms with Crippen LogP contribution in [0.4, 0.5) is 5.00 Å². The summed E-state index contributed by atoms with van der Waals surface area (Å²) in [6.07, 6.45) is 1.64. The van der Waals surface area contributed by atoms with Crippen molar-refractivity contribution in [2.24, 2.45) is 7.05 Å². The van der Waals surface area contributed by atoms with E-state index < -0.39 is 5.97 Å². The topological polar surface area (TPSA) is 86.1 Å². The number of methoxy groups -OCH3 is 1. The van der Waals surface area contributed by atoms with Crippen molar-refractivity contribution in [1.82, 2.24) is 14.8 Å². The van der Waals surface area contributed by atoms with Crippen LogP contribution in [0.25, 0.3) is 11.1 Å². The summed E-state index contributed by atoms with van der Waals surface area (Å²) < 4.78 is 6.89. The molecule has 0 saturated carbocycles. The van der Waals surface area contributed by atoms with Gasteiger partial charge in [-0.3, -0.25) is 4.79 Å². The molecule has 1 N–H and O–H groups in total. The zero-order valence-corrected chi connectivity index (χ0v) is 20.5. The minimum Gasteiger partial charge on any atom is -0.465 e. The van der Waals surface area contributed by atoms with Crippen LogP contribution in [-0.2, 0) is 29.4 Å². The molecule has 7 nitrogen and oxygen atoms in total. The van der Waals surface area contributed by atoms with Crippen LogP contribution < -0.4 is 5.32 Å². The van der Waals surface area contributed by atoms with Gasteiger partial charge in [-0.05, 0) is 17.5 Å². The van der Waals surface area contributed by atoms with Crippen molar-refractivity contribution in [3.05, 3.63) is 83.0 Å². The van der Waals surface area contributed by atoms with E-state index in [1.165, 1.54) is 35.8 Å². The largest absolute Gasteiger partial charge is 0.465 e. The van der Waals surface area contributed by atoms with E-state index in [9.17, 15) is 9.59 Å². The number of anilines is 1. The van der Waals surface area contributed by atoms with E-state index in [1.807, 2.05) is 65.5 Å². The zero-order chi connectivity index (χ0) is 23.9. The van der Waals surface area contributed by atoms with Crippen molar-refractivity contribution in [3.8, 4) is 11.1 Å². The zero-order valence-electron chi connectivity index (χ0n) is 18.9. The number of rotatable bonds is 9. The number of ether oxygens (including phenoxy) is 1. The smallest absolute Gasteiger partial charge is 0.341 e. The van der Waals surface area contributed by atoms with Crippen molar-refractivity contribution in [2.75, 3.05) is 18.2 Å². The third-order valence-electron chi connectivity index (χ3n) is 5.26. The molecule has 0 fully saturated rings. The van der Waals surface area contributed by atoms with Crippen LogP contribution in [0.2, 0.25) is 0 Å². The normalized spacial score (nSPS) is 10.8. The SMILES string of the molecule is COC(=O)c1c(-c2ccccc2)csc1NC(=O)CSc1nnc(CCc2ccccc2)n1C. The lowest BCUT2D eigenvalue weighted by atomic mass is 10.0. The predicted octanol–water partition coefficient (Wildman–Crippen LogP) is 4.85. The number of hydrogen-bond donors (Lipinski definition) is 1. The van der Waals surface area contributed by atoms with Crippen LogP contribution in [0.3, 0.4) is 0 Å². The van der Waals surface area contributed by atoms with Crippen molar-refractivity contribution in [3.63, 3.8) is 0 Å². The lowest BCUT2D eigenvalue weighted by Gasteiger charge is -2.08. The van der Waals surface area contributed by atoms with E-state index in [4.69, 9.17) is 4.74 Å². The van der Waals surface area contributed by atoms with Crippen molar-refractivity contribution in [1.29, 1.82) is 0 Å². The maximum absolute atomic E-state index is 12.7. The molecule has 2 aromatic carbocycles. The van der Waals surface area contributed by atoms with Gasteiger partial charge in [-0.2, -0.15) is 0 Å². The molecule has 0 atom stereocenters. The summed E-state index contributed by atoms with van der Waals surface area (Å²) >= 11 is 2.61. The van der Waals surface area contributed by atoms with E-state index in [0.29, 0.717) is 15.7 Å². The Kier molecular flexibility index (Phi) is 7.76. The van der Waals surface area contributed by atoms with Gasteiger partial charge in [0.25, 0.3) is 0 Å². The summed E-state index contributed by atoms with van der Waals surface area (Å²) in [6, 6.07) is 19.8. The monoisotopic (exact) mass is 492 g/mol. The van der Waals surface area contributed by atoms with Gasteiger partial charge in [-0.25, -0.2) is 4.79 Å². The van der Waals surface area contributed by atoms with E-state index >= 15 is 0 Å². The molecule has 0 aliphatic carbocycles. The number of hydrogen-bond acceptors (Lipinski definition) is 7. The molecule has 0 spiro atoms. The number of aryl methyl sites for hydroxylation is 2. The average Bonchev–Trinajstić information content (AvgIpc) is 3.45. The second kappa shape index (κ2) is 11.1. The molecule has 2 heterocycles. The van der Waals surface area contributed by atoms with Gasteiger partial charge in [0, 0.05) is 24.4 Å². The van der Waals surface area contributed by atoms with Crippen LogP contribution in [0, 0.1) is 0 Å². The second-order valence-corrected chi connectivity index (χ2v) is 9.31. The standard InChI is InChI=1S/C25H24N4O3S2/c1-29-20(14-13-17-9-5-3-6-10-17)27-28-25(29)34-16-21(30)26-23-22(24(31)32-2)19(15-33-23)18-11-7-4-8-12-18/h3-12,15H,13-14,16H2,1-2H3,(H,26,30). The Morgan fingerprint density at radius 1 is 1.03 bits per heavy atom. The highest BCUT2D eigenvalue weighted by molar-refractivity contribution is 7.99. The molecule has 1 amide bonds. The van der Waals surface area contributed by atoms with Crippen molar-refractivity contribution >= 4 is 40.0 Å². The number of esters is 1. The van der Waals surface area contributed by atoms with Gasteiger partial charge in [0.15, 0.2) is 5.16 Å². The third-order valence-corrected chi connectivity index (χ3v) is 7.17. The maximum Gasteiger partial charge on any atom is 0.341 e. The van der Waals surface area contributed by atoms with E-state index in [2.05, 4.69) is 27.6 Å². The molecule has 0 aliphatic rings. The number of amides is 1. The van der Waals surface area contributed by atoms with Crippen LogP contribution in [0.15, 0.2) is 71.2 Å². The summed E-state index contributed by atoms with van der Waals surface area (Å²) in [5.74, 6) is 0.291. The Morgan fingerprint density at radius 3 is 2.44 bits per heavy atom. The molecule has 174 valence electrons. The van der Waals surface area contributed by atoms with Gasteiger partial charge >= 0.3 is 5.97 Å². The Morgan fingerprint density at radius 2 is 1.74 bits per heavy atom. The first-order chi connectivity index (χ1) is 16.6. The summed E-state index contributed by atoms with van der Waals surface area (Å²) in [7, 11) is 3.24. The number of thioether (sulfide) groups is 1. The first-order valence-corrected chi connectivity index (χ1v) is 12.5. The number of carbonyl (C=O) groups excluding carboxylic acids is 2. The number of benzene rings is 2. The summed E-state index contributed by atoms with van der Waals surface area (Å²) in [5, 5.41) is 14.4. The fourth-order valence-corrected chi connectivity index (χ4v) is 5.17. The Labute approximate surface area is 206 Å². The van der Waals surface area contributed by atoms with Crippen LogP contribution in [0.1, 0.15) is 21.7 Å². The minimum absolute atomic E-state index is 0.143. The van der Waals surface area contributed by atoms with Gasteiger partial charge in [-0.15, -0.1) is 21.5 Å². The first kappa shape index (κ1) is 23.7. The highest BCUT2D eigenvalue weighted by Gasteiger charge is 2.22. The number of aromatic nitrogens is 3. The van der Waals surface area contributed by atoms with E-state index in [0.717, 1.165) is 29.8 Å². The van der Waals surface area contributed by atoms with Gasteiger partial charge in [-0.1, -0.05) is 72.4 Å². The highest BCUT2D eigenvalue weighted by atomic mass is 32.2. The molecule has 0 unspecified atom stereocenters. The first-order valence-electron chi connectivity index (χ1n) is 10.7. The maximum atomic E-state index is 12.7. The predicted molar refractivity (Wildman–Crippen MR) is 135 cm³/mol. The molecule has 9 heteroatoms. The molecular weight excluding hydrogens is 468 g/mol. The Balaban J connectivity index is 1.40. The quantitative estimate of drug-likeness (QED) is 0.266. The fourth-order valence-electron chi connectivity index (χ4n) is 3.47. The highest BCUT2D eigenvalue weighted by Crippen LogP contribution is 2.36. The third kappa shape index (κ3) is 5.55. The van der Waals surface area contributed by atoms with Crippen molar-refractivity contribution in [2.45, 2.75) is 18.0 Å². The molecule has 0 radical (unpaired) electrons. The Hall–Kier alpha value is -3.43. The summed E-state index contributed by atoms with van der Waals surface area (Å²) in [4.78, 5) is 25.2. The molecule has 4 aromatic rings. The average molecular weight is 493 g/mol. The van der Waals surface area contributed by atoms with Gasteiger partial charge in [0.2, 0.25) is 5.91 Å². The van der Waals surface area contributed by atoms with E-state index in [-0.39, 0.29) is 11.7 Å². The second-order valence-electron chi connectivity index (χ2n) is 7.49. The number of nitrogens with zero attached hydrogens (tertiary/aromatic N) is 3.